The zero-order chi connectivity index (χ0) is 22.8. The summed E-state index contributed by atoms with van der Waals surface area (Å²) in [4.78, 5) is 34.1. The standard InChI is InChI=1S/C20H29F3N4O3S/c1-14-13-31-18(24-14)19(30,20(21,22)23)11-16(28)26-9-7-25(8-10-26)12-17(29)27-6-4-3-5-15(27)2/h13,15,30H,3-12H2,1-2H3/t15-,19-/m1/s1. The van der Waals surface area contributed by atoms with Crippen LogP contribution in [0.5, 0.6) is 0 Å². The highest BCUT2D eigenvalue weighted by atomic mass is 32.1. The zero-order valence-corrected chi connectivity index (χ0v) is 18.6. The number of nitrogens with zero attached hydrogens (tertiary/aromatic N) is 4. The topological polar surface area (TPSA) is 77.0 Å². The highest BCUT2D eigenvalue weighted by molar-refractivity contribution is 7.09. The molecule has 3 heterocycles. The Kier molecular flexibility index (Phi) is 7.27. The minimum atomic E-state index is -5.02. The molecule has 0 unspecified atom stereocenters. The Bertz CT molecular complexity index is 795. The third-order valence-corrected chi connectivity index (χ3v) is 7.17. The number of hydrogen-bond donors (Lipinski definition) is 1. The molecule has 1 aromatic rings. The minimum Gasteiger partial charge on any atom is -0.374 e. The summed E-state index contributed by atoms with van der Waals surface area (Å²) in [6.07, 6.45) is -3.01. The fourth-order valence-electron chi connectivity index (χ4n) is 4.08. The van der Waals surface area contributed by atoms with Crippen LogP contribution in [0.15, 0.2) is 5.38 Å². The molecular weight excluding hydrogens is 433 g/mol. The van der Waals surface area contributed by atoms with Crippen molar-refractivity contribution in [2.45, 2.75) is 57.3 Å². The number of aliphatic hydroxyl groups is 1. The van der Waals surface area contributed by atoms with Crippen LogP contribution >= 0.6 is 11.3 Å². The van der Waals surface area contributed by atoms with Gasteiger partial charge in [0, 0.05) is 49.8 Å². The number of thiazole rings is 1. The molecule has 31 heavy (non-hydrogen) atoms. The quantitative estimate of drug-likeness (QED) is 0.726. The van der Waals surface area contributed by atoms with Gasteiger partial charge in [-0.25, -0.2) is 4.98 Å². The van der Waals surface area contributed by atoms with E-state index in [-0.39, 0.29) is 31.6 Å². The van der Waals surface area contributed by atoms with Crippen LogP contribution in [0.2, 0.25) is 0 Å². The lowest BCUT2D eigenvalue weighted by atomic mass is 9.98. The summed E-state index contributed by atoms with van der Waals surface area (Å²) in [6, 6.07) is 0.221. The Morgan fingerprint density at radius 1 is 1.16 bits per heavy atom. The maximum absolute atomic E-state index is 13.6. The van der Waals surface area contributed by atoms with E-state index in [0.29, 0.717) is 30.1 Å². The van der Waals surface area contributed by atoms with E-state index in [1.807, 2.05) is 16.7 Å². The third-order valence-electron chi connectivity index (χ3n) is 6.06. The lowest BCUT2D eigenvalue weighted by Crippen LogP contribution is -2.54. The Hall–Kier alpha value is -1.72. The molecule has 0 radical (unpaired) electrons. The number of rotatable bonds is 5. The van der Waals surface area contributed by atoms with Crippen molar-refractivity contribution in [2.75, 3.05) is 39.3 Å². The van der Waals surface area contributed by atoms with E-state index < -0.39 is 29.1 Å². The van der Waals surface area contributed by atoms with E-state index >= 15 is 0 Å². The molecule has 2 atom stereocenters. The summed E-state index contributed by atoms with van der Waals surface area (Å²) in [5.41, 5.74) is -2.95. The molecule has 2 aliphatic heterocycles. The average Bonchev–Trinajstić information content (AvgIpc) is 3.14. The van der Waals surface area contributed by atoms with E-state index in [0.717, 1.165) is 25.8 Å². The van der Waals surface area contributed by atoms with Gasteiger partial charge in [-0.1, -0.05) is 0 Å². The summed E-state index contributed by atoms with van der Waals surface area (Å²) in [5.74, 6) is -0.721. The number of amides is 2. The SMILES string of the molecule is Cc1csc([C@](O)(CC(=O)N2CCN(CC(=O)N3CCCC[C@H]3C)CC2)C(F)(F)F)n1. The van der Waals surface area contributed by atoms with E-state index in [4.69, 9.17) is 0 Å². The van der Waals surface area contributed by atoms with Crippen LogP contribution in [0, 0.1) is 6.92 Å². The molecule has 1 aromatic heterocycles. The Labute approximate surface area is 183 Å². The molecule has 2 saturated heterocycles. The summed E-state index contributed by atoms with van der Waals surface area (Å²) >= 11 is 0.691. The van der Waals surface area contributed by atoms with E-state index in [1.165, 1.54) is 17.2 Å². The molecule has 11 heteroatoms. The van der Waals surface area contributed by atoms with Gasteiger partial charge in [0.2, 0.25) is 17.4 Å². The molecule has 2 fully saturated rings. The number of aryl methyl sites for hydroxylation is 1. The van der Waals surface area contributed by atoms with Crippen molar-refractivity contribution in [3.63, 3.8) is 0 Å². The summed E-state index contributed by atoms with van der Waals surface area (Å²) in [6.45, 7) is 5.81. The maximum atomic E-state index is 13.6. The van der Waals surface area contributed by atoms with Crippen LogP contribution < -0.4 is 0 Å². The summed E-state index contributed by atoms with van der Waals surface area (Å²) in [7, 11) is 0. The number of likely N-dealkylation sites (tertiary alicyclic amines) is 1. The number of halogens is 3. The van der Waals surface area contributed by atoms with E-state index in [9.17, 15) is 27.9 Å². The minimum absolute atomic E-state index is 0.0533. The molecule has 0 aromatic carbocycles. The lowest BCUT2D eigenvalue weighted by Gasteiger charge is -2.38. The molecule has 0 aliphatic carbocycles. The Balaban J connectivity index is 1.56. The molecule has 1 N–H and O–H groups in total. The zero-order valence-electron chi connectivity index (χ0n) is 17.8. The largest absolute Gasteiger partial charge is 0.424 e. The first-order chi connectivity index (χ1) is 14.5. The van der Waals surface area contributed by atoms with Gasteiger partial charge in [-0.3, -0.25) is 14.5 Å². The van der Waals surface area contributed by atoms with Gasteiger partial charge in [-0.2, -0.15) is 13.2 Å². The number of aromatic nitrogens is 1. The first-order valence-corrected chi connectivity index (χ1v) is 11.4. The van der Waals surface area contributed by atoms with Crippen molar-refractivity contribution in [3.05, 3.63) is 16.1 Å². The van der Waals surface area contributed by atoms with Crippen LogP contribution in [0.3, 0.4) is 0 Å². The molecule has 2 aliphatic rings. The fraction of sp³-hybridized carbons (Fsp3) is 0.750. The molecule has 2 amide bonds. The third kappa shape index (κ3) is 5.38. The maximum Gasteiger partial charge on any atom is 0.424 e. The van der Waals surface area contributed by atoms with E-state index in [2.05, 4.69) is 4.98 Å². The van der Waals surface area contributed by atoms with Crippen LogP contribution in [0.4, 0.5) is 13.2 Å². The number of piperidine rings is 1. The predicted octanol–water partition coefficient (Wildman–Crippen LogP) is 2.14. The second-order valence-electron chi connectivity index (χ2n) is 8.42. The van der Waals surface area contributed by atoms with Crippen LogP contribution in [-0.2, 0) is 15.2 Å². The molecule has 0 saturated carbocycles. The highest BCUT2D eigenvalue weighted by Gasteiger charge is 2.58. The summed E-state index contributed by atoms with van der Waals surface area (Å²) in [5, 5.41) is 11.3. The summed E-state index contributed by atoms with van der Waals surface area (Å²) < 4.78 is 40.9. The van der Waals surface area contributed by atoms with Crippen molar-refractivity contribution in [3.8, 4) is 0 Å². The van der Waals surface area contributed by atoms with Crippen LogP contribution in [0.25, 0.3) is 0 Å². The van der Waals surface area contributed by atoms with Crippen molar-refractivity contribution in [1.29, 1.82) is 0 Å². The van der Waals surface area contributed by atoms with Crippen LogP contribution in [-0.4, -0.2) is 88.1 Å². The van der Waals surface area contributed by atoms with Crippen molar-refractivity contribution < 1.29 is 27.9 Å². The molecule has 7 nitrogen and oxygen atoms in total. The van der Waals surface area contributed by atoms with Gasteiger partial charge >= 0.3 is 6.18 Å². The Morgan fingerprint density at radius 2 is 1.84 bits per heavy atom. The van der Waals surface area contributed by atoms with Gasteiger partial charge in [-0.15, -0.1) is 11.3 Å². The molecule has 0 spiro atoms. The highest BCUT2D eigenvalue weighted by Crippen LogP contribution is 2.43. The number of carbonyl (C=O) groups excluding carboxylic acids is 2. The molecular formula is C20H29F3N4O3S. The van der Waals surface area contributed by atoms with Gasteiger partial charge in [0.05, 0.1) is 13.0 Å². The molecule has 174 valence electrons. The molecule has 3 rings (SSSR count). The van der Waals surface area contributed by atoms with Crippen LogP contribution in [0.1, 0.15) is 43.3 Å². The van der Waals surface area contributed by atoms with Gasteiger partial charge in [0.15, 0.2) is 0 Å². The Morgan fingerprint density at radius 3 is 2.39 bits per heavy atom. The van der Waals surface area contributed by atoms with Gasteiger partial charge < -0.3 is 14.9 Å². The van der Waals surface area contributed by atoms with Crippen molar-refractivity contribution in [2.24, 2.45) is 0 Å². The van der Waals surface area contributed by atoms with Crippen molar-refractivity contribution >= 4 is 23.2 Å². The normalized spacial score (nSPS) is 23.0. The number of piperazine rings is 1. The van der Waals surface area contributed by atoms with Gasteiger partial charge in [0.25, 0.3) is 0 Å². The second-order valence-corrected chi connectivity index (χ2v) is 9.28. The number of alkyl halides is 3. The van der Waals surface area contributed by atoms with Gasteiger partial charge in [0.1, 0.15) is 5.01 Å². The number of hydrogen-bond acceptors (Lipinski definition) is 6. The van der Waals surface area contributed by atoms with E-state index in [1.54, 1.807) is 0 Å². The first kappa shape index (κ1) is 23.9. The monoisotopic (exact) mass is 462 g/mol. The number of carbonyl (C=O) groups is 2. The second kappa shape index (κ2) is 9.41. The van der Waals surface area contributed by atoms with Gasteiger partial charge in [-0.05, 0) is 33.1 Å². The van der Waals surface area contributed by atoms with Crippen molar-refractivity contribution in [1.82, 2.24) is 19.7 Å². The lowest BCUT2D eigenvalue weighted by molar-refractivity contribution is -0.268. The molecule has 0 bridgehead atoms. The fourth-order valence-corrected chi connectivity index (χ4v) is 4.99. The average molecular weight is 463 g/mol. The predicted molar refractivity (Wildman–Crippen MR) is 109 cm³/mol. The first-order valence-electron chi connectivity index (χ1n) is 10.5. The smallest absolute Gasteiger partial charge is 0.374 e.